The summed E-state index contributed by atoms with van der Waals surface area (Å²) in [6, 6.07) is 10.2. The number of carboxylic acid groups (broad SMARTS) is 1. The van der Waals surface area contributed by atoms with Crippen LogP contribution < -0.4 is 10.6 Å². The number of unbranched alkanes of at least 4 members (excludes halogenated alkanes) is 2. The molecule has 0 fully saturated rings. The summed E-state index contributed by atoms with van der Waals surface area (Å²) in [4.78, 5) is 22.6. The standard InChI is InChI=1S/C19H22N2O4/c1-13(18(23)24)7-3-2-4-12-20-19(25)21-16-10-5-9-15-14(16)8-6-11-17(15)22/h5-6,8-11,22H,1-4,7,12H2,(H,23,24)(H2,20,21,25). The first-order valence-electron chi connectivity index (χ1n) is 8.15. The molecule has 2 aromatic rings. The number of nitrogens with one attached hydrogen (secondary N) is 2. The summed E-state index contributed by atoms with van der Waals surface area (Å²) in [7, 11) is 0. The maximum Gasteiger partial charge on any atom is 0.330 e. The van der Waals surface area contributed by atoms with Gasteiger partial charge in [-0.25, -0.2) is 9.59 Å². The van der Waals surface area contributed by atoms with Gasteiger partial charge in [0, 0.05) is 22.9 Å². The third kappa shape index (κ3) is 5.24. The number of benzene rings is 2. The predicted molar refractivity (Wildman–Crippen MR) is 97.9 cm³/mol. The molecule has 0 aliphatic carbocycles. The third-order valence-electron chi connectivity index (χ3n) is 3.89. The van der Waals surface area contributed by atoms with Gasteiger partial charge in [-0.3, -0.25) is 0 Å². The molecule has 0 aromatic heterocycles. The molecule has 0 aliphatic rings. The summed E-state index contributed by atoms with van der Waals surface area (Å²) in [5, 5.41) is 25.6. The second kappa shape index (κ2) is 8.73. The number of urea groups is 1. The molecule has 0 saturated carbocycles. The first-order chi connectivity index (χ1) is 12.0. The molecule has 4 N–H and O–H groups in total. The van der Waals surface area contributed by atoms with Gasteiger partial charge < -0.3 is 20.8 Å². The van der Waals surface area contributed by atoms with Crippen LogP contribution in [0.1, 0.15) is 25.7 Å². The Bertz CT molecular complexity index is 786. The lowest BCUT2D eigenvalue weighted by molar-refractivity contribution is -0.132. The molecule has 25 heavy (non-hydrogen) atoms. The molecule has 2 aromatic carbocycles. The number of phenolic OH excluding ortho intramolecular Hbond substituents is 1. The van der Waals surface area contributed by atoms with Crippen LogP contribution in [0.3, 0.4) is 0 Å². The summed E-state index contributed by atoms with van der Waals surface area (Å²) < 4.78 is 0. The highest BCUT2D eigenvalue weighted by Crippen LogP contribution is 2.29. The molecule has 0 heterocycles. The normalized spacial score (nSPS) is 10.4. The number of aliphatic carboxylic acids is 1. The molecule has 0 saturated heterocycles. The Morgan fingerprint density at radius 1 is 1.00 bits per heavy atom. The number of carbonyl (C=O) groups is 2. The molecular weight excluding hydrogens is 320 g/mol. The molecule has 0 aliphatic heterocycles. The van der Waals surface area contributed by atoms with Crippen molar-refractivity contribution in [1.82, 2.24) is 5.32 Å². The molecule has 0 atom stereocenters. The van der Waals surface area contributed by atoms with Crippen molar-refractivity contribution in [1.29, 1.82) is 0 Å². The van der Waals surface area contributed by atoms with Gasteiger partial charge in [0.05, 0.1) is 5.69 Å². The average Bonchev–Trinajstić information content (AvgIpc) is 2.58. The average molecular weight is 342 g/mol. The Morgan fingerprint density at radius 3 is 2.48 bits per heavy atom. The number of rotatable bonds is 8. The van der Waals surface area contributed by atoms with Gasteiger partial charge in [0.15, 0.2) is 0 Å². The van der Waals surface area contributed by atoms with E-state index in [9.17, 15) is 14.7 Å². The van der Waals surface area contributed by atoms with E-state index in [1.807, 2.05) is 6.07 Å². The van der Waals surface area contributed by atoms with Crippen molar-refractivity contribution in [2.75, 3.05) is 11.9 Å². The van der Waals surface area contributed by atoms with Crippen molar-refractivity contribution in [3.8, 4) is 5.75 Å². The van der Waals surface area contributed by atoms with Crippen LogP contribution in [-0.2, 0) is 4.79 Å². The Balaban J connectivity index is 1.77. The molecule has 6 nitrogen and oxygen atoms in total. The van der Waals surface area contributed by atoms with Gasteiger partial charge >= 0.3 is 12.0 Å². The monoisotopic (exact) mass is 342 g/mol. The minimum absolute atomic E-state index is 0.171. The zero-order chi connectivity index (χ0) is 18.2. The van der Waals surface area contributed by atoms with Crippen molar-refractivity contribution in [2.45, 2.75) is 25.7 Å². The SMILES string of the molecule is C=C(CCCCCNC(=O)Nc1cccc2c(O)cccc12)C(=O)O. The molecule has 0 spiro atoms. The van der Waals surface area contributed by atoms with Gasteiger partial charge in [-0.1, -0.05) is 37.3 Å². The summed E-state index contributed by atoms with van der Waals surface area (Å²) in [5.41, 5.74) is 0.841. The fourth-order valence-electron chi connectivity index (χ4n) is 2.52. The zero-order valence-electron chi connectivity index (χ0n) is 13.9. The summed E-state index contributed by atoms with van der Waals surface area (Å²) in [6.07, 6.45) is 2.77. The van der Waals surface area contributed by atoms with Crippen LogP contribution in [0.15, 0.2) is 48.6 Å². The zero-order valence-corrected chi connectivity index (χ0v) is 13.9. The fourth-order valence-corrected chi connectivity index (χ4v) is 2.52. The molecule has 132 valence electrons. The van der Waals surface area contributed by atoms with Crippen LogP contribution in [0.4, 0.5) is 10.5 Å². The number of hydrogen-bond acceptors (Lipinski definition) is 3. The van der Waals surface area contributed by atoms with Gasteiger partial charge in [-0.15, -0.1) is 0 Å². The minimum atomic E-state index is -0.960. The smallest absolute Gasteiger partial charge is 0.330 e. The third-order valence-corrected chi connectivity index (χ3v) is 3.89. The summed E-state index contributed by atoms with van der Waals surface area (Å²) in [6.45, 7) is 3.98. The van der Waals surface area contributed by atoms with Crippen LogP contribution in [-0.4, -0.2) is 28.8 Å². The maximum atomic E-state index is 12.0. The van der Waals surface area contributed by atoms with Gasteiger partial charge in [-0.2, -0.15) is 0 Å². The number of anilines is 1. The molecule has 0 bridgehead atoms. The van der Waals surface area contributed by atoms with Crippen molar-refractivity contribution in [3.05, 3.63) is 48.6 Å². The Hall–Kier alpha value is -3.02. The number of hydrogen-bond donors (Lipinski definition) is 4. The van der Waals surface area contributed by atoms with Crippen molar-refractivity contribution < 1.29 is 19.8 Å². The van der Waals surface area contributed by atoms with Crippen molar-refractivity contribution in [3.63, 3.8) is 0 Å². The molecule has 0 unspecified atom stereocenters. The Labute approximate surface area is 146 Å². The van der Waals surface area contributed by atoms with E-state index in [1.165, 1.54) is 0 Å². The lowest BCUT2D eigenvalue weighted by atomic mass is 10.1. The van der Waals surface area contributed by atoms with E-state index in [4.69, 9.17) is 5.11 Å². The van der Waals surface area contributed by atoms with Gasteiger partial charge in [0.1, 0.15) is 5.75 Å². The van der Waals surface area contributed by atoms with Gasteiger partial charge in [-0.05, 0) is 31.4 Å². The lowest BCUT2D eigenvalue weighted by Crippen LogP contribution is -2.29. The van der Waals surface area contributed by atoms with Crippen LogP contribution in [0.25, 0.3) is 10.8 Å². The van der Waals surface area contributed by atoms with E-state index in [0.717, 1.165) is 24.6 Å². The van der Waals surface area contributed by atoms with E-state index in [-0.39, 0.29) is 17.4 Å². The molecule has 0 radical (unpaired) electrons. The van der Waals surface area contributed by atoms with E-state index < -0.39 is 5.97 Å². The van der Waals surface area contributed by atoms with Crippen LogP contribution >= 0.6 is 0 Å². The quantitative estimate of drug-likeness (QED) is 0.432. The highest BCUT2D eigenvalue weighted by atomic mass is 16.4. The largest absolute Gasteiger partial charge is 0.507 e. The van der Waals surface area contributed by atoms with Gasteiger partial charge in [0.25, 0.3) is 0 Å². The van der Waals surface area contributed by atoms with Crippen LogP contribution in [0.2, 0.25) is 0 Å². The fraction of sp³-hybridized carbons (Fsp3) is 0.263. The van der Waals surface area contributed by atoms with Crippen LogP contribution in [0.5, 0.6) is 5.75 Å². The van der Waals surface area contributed by atoms with E-state index in [2.05, 4.69) is 17.2 Å². The number of aromatic hydroxyl groups is 1. The first kappa shape index (κ1) is 18.3. The van der Waals surface area contributed by atoms with Crippen LogP contribution in [0, 0.1) is 0 Å². The summed E-state index contributed by atoms with van der Waals surface area (Å²) >= 11 is 0. The number of amides is 2. The molecule has 2 amide bonds. The number of phenols is 1. The second-order valence-corrected chi connectivity index (χ2v) is 5.78. The van der Waals surface area contributed by atoms with Crippen molar-refractivity contribution in [2.24, 2.45) is 0 Å². The first-order valence-corrected chi connectivity index (χ1v) is 8.15. The molecular formula is C19H22N2O4. The number of fused-ring (bicyclic) bond motifs is 1. The highest BCUT2D eigenvalue weighted by Gasteiger charge is 2.07. The second-order valence-electron chi connectivity index (χ2n) is 5.78. The minimum Gasteiger partial charge on any atom is -0.507 e. The molecule has 6 heteroatoms. The topological polar surface area (TPSA) is 98.7 Å². The molecule has 2 rings (SSSR count). The van der Waals surface area contributed by atoms with Crippen molar-refractivity contribution >= 4 is 28.5 Å². The highest BCUT2D eigenvalue weighted by molar-refractivity contribution is 6.03. The van der Waals surface area contributed by atoms with E-state index in [1.54, 1.807) is 30.3 Å². The summed E-state index contributed by atoms with van der Waals surface area (Å²) in [5.74, 6) is -0.789. The predicted octanol–water partition coefficient (Wildman–Crippen LogP) is 3.87. The Morgan fingerprint density at radius 2 is 1.72 bits per heavy atom. The van der Waals surface area contributed by atoms with Gasteiger partial charge in [0.2, 0.25) is 0 Å². The maximum absolute atomic E-state index is 12.0. The lowest BCUT2D eigenvalue weighted by Gasteiger charge is -2.10. The Kier molecular flexibility index (Phi) is 6.39. The van der Waals surface area contributed by atoms with E-state index in [0.29, 0.717) is 24.0 Å². The number of carboxylic acids is 1. The van der Waals surface area contributed by atoms with E-state index >= 15 is 0 Å². The number of carbonyl (C=O) groups excluding carboxylic acids is 1.